The molecule has 0 amide bonds. The van der Waals surface area contributed by atoms with Crippen molar-refractivity contribution in [2.45, 2.75) is 31.3 Å². The van der Waals surface area contributed by atoms with E-state index in [1.807, 2.05) is 0 Å². The second-order valence-corrected chi connectivity index (χ2v) is 5.40. The average molecular weight is 200 g/mol. The van der Waals surface area contributed by atoms with E-state index in [9.17, 15) is 0 Å². The van der Waals surface area contributed by atoms with Gasteiger partial charge in [-0.3, -0.25) is 0 Å². The highest BCUT2D eigenvalue weighted by Crippen LogP contribution is 2.21. The zero-order chi connectivity index (χ0) is 9.10. The van der Waals surface area contributed by atoms with Crippen molar-refractivity contribution in [3.05, 3.63) is 0 Å². The molecule has 2 aliphatic rings. The van der Waals surface area contributed by atoms with Crippen molar-refractivity contribution in [3.8, 4) is 0 Å². The second kappa shape index (κ2) is 4.67. The van der Waals surface area contributed by atoms with Gasteiger partial charge in [-0.1, -0.05) is 0 Å². The molecular formula is C10H20N2S. The van der Waals surface area contributed by atoms with Gasteiger partial charge in [-0.15, -0.1) is 0 Å². The first-order valence-corrected chi connectivity index (χ1v) is 6.53. The molecule has 1 N–H and O–H groups in total. The first-order chi connectivity index (χ1) is 6.36. The maximum absolute atomic E-state index is 3.56. The van der Waals surface area contributed by atoms with E-state index in [1.54, 1.807) is 0 Å². The third-order valence-corrected chi connectivity index (χ3v) is 4.34. The lowest BCUT2D eigenvalue weighted by molar-refractivity contribution is 0.239. The normalized spacial score (nSPS) is 34.6. The van der Waals surface area contributed by atoms with Gasteiger partial charge in [-0.2, -0.15) is 11.8 Å². The molecule has 0 aromatic heterocycles. The fourth-order valence-electron chi connectivity index (χ4n) is 2.28. The standard InChI is InChI=1S/C10H20N2S/c1-12(10-4-6-13-8-10)7-9-3-2-5-11-9/h9-11H,2-8H2,1H3. The molecule has 0 saturated carbocycles. The van der Waals surface area contributed by atoms with Gasteiger partial charge in [0, 0.05) is 24.4 Å². The minimum atomic E-state index is 0.774. The molecule has 3 heteroatoms. The van der Waals surface area contributed by atoms with Gasteiger partial charge < -0.3 is 10.2 Å². The van der Waals surface area contributed by atoms with Crippen LogP contribution in [0.3, 0.4) is 0 Å². The number of nitrogens with one attached hydrogen (secondary N) is 1. The van der Waals surface area contributed by atoms with Crippen molar-refractivity contribution in [2.75, 3.05) is 31.6 Å². The lowest BCUT2D eigenvalue weighted by Gasteiger charge is -2.26. The van der Waals surface area contributed by atoms with Crippen LogP contribution < -0.4 is 5.32 Å². The minimum Gasteiger partial charge on any atom is -0.313 e. The van der Waals surface area contributed by atoms with E-state index < -0.39 is 0 Å². The van der Waals surface area contributed by atoms with Crippen LogP contribution in [0.1, 0.15) is 19.3 Å². The Morgan fingerprint density at radius 1 is 1.46 bits per heavy atom. The summed E-state index contributed by atoms with van der Waals surface area (Å²) in [4.78, 5) is 2.56. The summed E-state index contributed by atoms with van der Waals surface area (Å²) in [6.07, 6.45) is 4.15. The fourth-order valence-corrected chi connectivity index (χ4v) is 3.58. The van der Waals surface area contributed by atoms with E-state index in [4.69, 9.17) is 0 Å². The maximum atomic E-state index is 3.56. The van der Waals surface area contributed by atoms with Crippen LogP contribution in [0.4, 0.5) is 0 Å². The summed E-state index contributed by atoms with van der Waals surface area (Å²) in [6, 6.07) is 1.63. The monoisotopic (exact) mass is 200 g/mol. The average Bonchev–Trinajstić information content (AvgIpc) is 2.74. The molecule has 0 bridgehead atoms. The van der Waals surface area contributed by atoms with Gasteiger partial charge in [-0.25, -0.2) is 0 Å². The van der Waals surface area contributed by atoms with E-state index in [1.165, 1.54) is 43.9 Å². The SMILES string of the molecule is CN(CC1CCCN1)C1CCSC1. The molecule has 2 fully saturated rings. The third kappa shape index (κ3) is 2.61. The van der Waals surface area contributed by atoms with Crippen LogP contribution >= 0.6 is 11.8 Å². The van der Waals surface area contributed by atoms with E-state index >= 15 is 0 Å². The van der Waals surface area contributed by atoms with Crippen LogP contribution in [0.5, 0.6) is 0 Å². The Labute approximate surface area is 85.4 Å². The molecular weight excluding hydrogens is 180 g/mol. The Bertz CT molecular complexity index is 151. The topological polar surface area (TPSA) is 15.3 Å². The number of hydrogen-bond acceptors (Lipinski definition) is 3. The van der Waals surface area contributed by atoms with Crippen molar-refractivity contribution in [3.63, 3.8) is 0 Å². The van der Waals surface area contributed by atoms with Gasteiger partial charge in [-0.05, 0) is 38.6 Å². The van der Waals surface area contributed by atoms with Crippen LogP contribution in [-0.4, -0.2) is 48.6 Å². The van der Waals surface area contributed by atoms with Gasteiger partial charge in [0.25, 0.3) is 0 Å². The summed E-state index contributed by atoms with van der Waals surface area (Å²) in [5, 5.41) is 3.56. The summed E-state index contributed by atoms with van der Waals surface area (Å²) in [6.45, 7) is 2.49. The summed E-state index contributed by atoms with van der Waals surface area (Å²) in [5.74, 6) is 2.72. The summed E-state index contributed by atoms with van der Waals surface area (Å²) in [7, 11) is 2.29. The molecule has 2 heterocycles. The van der Waals surface area contributed by atoms with Crippen molar-refractivity contribution in [1.82, 2.24) is 10.2 Å². The van der Waals surface area contributed by atoms with Crippen molar-refractivity contribution in [1.29, 1.82) is 0 Å². The zero-order valence-corrected chi connectivity index (χ0v) is 9.28. The lowest BCUT2D eigenvalue weighted by Crippen LogP contribution is -2.41. The van der Waals surface area contributed by atoms with Gasteiger partial charge in [0.05, 0.1) is 0 Å². The lowest BCUT2D eigenvalue weighted by atomic mass is 10.2. The molecule has 0 aliphatic carbocycles. The molecule has 0 spiro atoms. The highest BCUT2D eigenvalue weighted by molar-refractivity contribution is 7.99. The molecule has 2 nitrogen and oxygen atoms in total. The van der Waals surface area contributed by atoms with E-state index in [0.29, 0.717) is 0 Å². The Kier molecular flexibility index (Phi) is 3.52. The molecule has 0 aromatic carbocycles. The predicted molar refractivity (Wildman–Crippen MR) is 59.4 cm³/mol. The molecule has 0 radical (unpaired) electrons. The third-order valence-electron chi connectivity index (χ3n) is 3.20. The van der Waals surface area contributed by atoms with Crippen LogP contribution in [-0.2, 0) is 0 Å². The van der Waals surface area contributed by atoms with Crippen LogP contribution in [0.2, 0.25) is 0 Å². The van der Waals surface area contributed by atoms with Gasteiger partial charge in [0.15, 0.2) is 0 Å². The highest BCUT2D eigenvalue weighted by atomic mass is 32.2. The van der Waals surface area contributed by atoms with Gasteiger partial charge in [0.2, 0.25) is 0 Å². The van der Waals surface area contributed by atoms with Crippen LogP contribution in [0.15, 0.2) is 0 Å². The van der Waals surface area contributed by atoms with Gasteiger partial charge in [0.1, 0.15) is 0 Å². The van der Waals surface area contributed by atoms with Crippen molar-refractivity contribution >= 4 is 11.8 Å². The van der Waals surface area contributed by atoms with Crippen LogP contribution in [0, 0.1) is 0 Å². The number of rotatable bonds is 3. The molecule has 2 saturated heterocycles. The largest absolute Gasteiger partial charge is 0.313 e. The minimum absolute atomic E-state index is 0.774. The number of hydrogen-bond donors (Lipinski definition) is 1. The Balaban J connectivity index is 1.73. The molecule has 0 aromatic rings. The predicted octanol–water partition coefficient (Wildman–Crippen LogP) is 1.18. The quantitative estimate of drug-likeness (QED) is 0.736. The van der Waals surface area contributed by atoms with Crippen molar-refractivity contribution < 1.29 is 0 Å². The van der Waals surface area contributed by atoms with Crippen LogP contribution in [0.25, 0.3) is 0 Å². The number of thioether (sulfide) groups is 1. The molecule has 13 heavy (non-hydrogen) atoms. The van der Waals surface area contributed by atoms with Gasteiger partial charge >= 0.3 is 0 Å². The van der Waals surface area contributed by atoms with E-state index in [0.717, 1.165) is 12.1 Å². The van der Waals surface area contributed by atoms with E-state index in [-0.39, 0.29) is 0 Å². The smallest absolute Gasteiger partial charge is 0.0195 e. The maximum Gasteiger partial charge on any atom is 0.0195 e. The molecule has 76 valence electrons. The first kappa shape index (κ1) is 9.81. The molecule has 2 rings (SSSR count). The summed E-state index contributed by atoms with van der Waals surface area (Å²) < 4.78 is 0. The summed E-state index contributed by atoms with van der Waals surface area (Å²) in [5.41, 5.74) is 0. The zero-order valence-electron chi connectivity index (χ0n) is 8.46. The van der Waals surface area contributed by atoms with Crippen molar-refractivity contribution in [2.24, 2.45) is 0 Å². The first-order valence-electron chi connectivity index (χ1n) is 5.37. The fraction of sp³-hybridized carbons (Fsp3) is 1.00. The number of likely N-dealkylation sites (N-methyl/N-ethyl adjacent to an activating group) is 1. The Morgan fingerprint density at radius 3 is 3.00 bits per heavy atom. The molecule has 2 unspecified atom stereocenters. The second-order valence-electron chi connectivity index (χ2n) is 4.25. The Morgan fingerprint density at radius 2 is 2.38 bits per heavy atom. The highest BCUT2D eigenvalue weighted by Gasteiger charge is 2.23. The number of nitrogens with zero attached hydrogens (tertiary/aromatic N) is 1. The molecule has 2 atom stereocenters. The van der Waals surface area contributed by atoms with E-state index in [2.05, 4.69) is 29.0 Å². The molecule has 2 aliphatic heterocycles. The summed E-state index contributed by atoms with van der Waals surface area (Å²) >= 11 is 2.11. The Hall–Kier alpha value is 0.270.